The Labute approximate surface area is 188 Å². The van der Waals surface area contributed by atoms with Gasteiger partial charge in [-0.15, -0.1) is 0 Å². The van der Waals surface area contributed by atoms with Gasteiger partial charge in [0, 0.05) is 37.9 Å². The minimum atomic E-state index is -0.541. The maximum atomic E-state index is 13.0. The van der Waals surface area contributed by atoms with Gasteiger partial charge in [-0.1, -0.05) is 18.2 Å². The van der Waals surface area contributed by atoms with Crippen molar-refractivity contribution in [1.82, 2.24) is 20.6 Å². The molecule has 0 radical (unpaired) electrons. The standard InChI is InChI=1S/C25H28N4O3/c1-2-32-25(31)22-7-5-21(6-8-22)23(28-16-12-20-4-3-13-27-18-20)24(30)29-17-11-19-9-14-26-15-10-19/h3-10,13-15,18,23,28H,2,11-12,16-17H2,1H3,(H,29,30). The van der Waals surface area contributed by atoms with Gasteiger partial charge in [-0.05, 0) is 66.8 Å². The summed E-state index contributed by atoms with van der Waals surface area (Å²) in [6, 6.07) is 14.2. The van der Waals surface area contributed by atoms with Crippen LogP contribution in [-0.4, -0.2) is 41.5 Å². The highest BCUT2D eigenvalue weighted by Gasteiger charge is 2.20. The third kappa shape index (κ3) is 6.99. The topological polar surface area (TPSA) is 93.2 Å². The van der Waals surface area contributed by atoms with Crippen LogP contribution in [0.25, 0.3) is 0 Å². The van der Waals surface area contributed by atoms with E-state index < -0.39 is 6.04 Å². The largest absolute Gasteiger partial charge is 0.462 e. The van der Waals surface area contributed by atoms with Crippen molar-refractivity contribution >= 4 is 11.9 Å². The quantitative estimate of drug-likeness (QED) is 0.453. The average molecular weight is 433 g/mol. The van der Waals surface area contributed by atoms with Gasteiger partial charge in [-0.2, -0.15) is 0 Å². The molecule has 0 aliphatic carbocycles. The second-order valence-corrected chi connectivity index (χ2v) is 7.24. The lowest BCUT2D eigenvalue weighted by Gasteiger charge is -2.19. The van der Waals surface area contributed by atoms with Crippen molar-refractivity contribution in [3.63, 3.8) is 0 Å². The van der Waals surface area contributed by atoms with E-state index in [1.807, 2.05) is 30.5 Å². The van der Waals surface area contributed by atoms with E-state index in [0.29, 0.717) is 25.3 Å². The zero-order chi connectivity index (χ0) is 22.6. The second-order valence-electron chi connectivity index (χ2n) is 7.24. The molecule has 2 N–H and O–H groups in total. The molecule has 0 bridgehead atoms. The molecule has 7 heteroatoms. The van der Waals surface area contributed by atoms with E-state index in [1.165, 1.54) is 0 Å². The Morgan fingerprint density at radius 3 is 2.34 bits per heavy atom. The first-order valence-electron chi connectivity index (χ1n) is 10.7. The number of nitrogens with one attached hydrogen (secondary N) is 2. The fraction of sp³-hybridized carbons (Fsp3) is 0.280. The van der Waals surface area contributed by atoms with Crippen LogP contribution in [0.3, 0.4) is 0 Å². The lowest BCUT2D eigenvalue weighted by atomic mass is 10.0. The van der Waals surface area contributed by atoms with E-state index in [0.717, 1.165) is 29.5 Å². The minimum Gasteiger partial charge on any atom is -0.462 e. The Hall–Kier alpha value is -3.58. The maximum absolute atomic E-state index is 13.0. The molecule has 32 heavy (non-hydrogen) atoms. The number of carbonyl (C=O) groups excluding carboxylic acids is 2. The smallest absolute Gasteiger partial charge is 0.338 e. The number of amides is 1. The number of rotatable bonds is 11. The van der Waals surface area contributed by atoms with Gasteiger partial charge >= 0.3 is 5.97 Å². The molecule has 1 aromatic carbocycles. The summed E-state index contributed by atoms with van der Waals surface area (Å²) < 4.78 is 5.04. The molecule has 0 aliphatic heterocycles. The number of hydrogen-bond donors (Lipinski definition) is 2. The molecular weight excluding hydrogens is 404 g/mol. The Kier molecular flexibility index (Phi) is 8.89. The molecule has 7 nitrogen and oxygen atoms in total. The molecule has 1 atom stereocenters. The summed E-state index contributed by atoms with van der Waals surface area (Å²) in [7, 11) is 0. The number of pyridine rings is 2. The van der Waals surface area contributed by atoms with Crippen LogP contribution in [0.5, 0.6) is 0 Å². The van der Waals surface area contributed by atoms with Gasteiger partial charge in [-0.3, -0.25) is 14.8 Å². The van der Waals surface area contributed by atoms with E-state index in [4.69, 9.17) is 4.74 Å². The summed E-state index contributed by atoms with van der Waals surface area (Å²) in [6.45, 7) is 3.21. The first-order chi connectivity index (χ1) is 15.7. The van der Waals surface area contributed by atoms with Crippen molar-refractivity contribution in [3.8, 4) is 0 Å². The molecular formula is C25H28N4O3. The van der Waals surface area contributed by atoms with Crippen molar-refractivity contribution in [2.75, 3.05) is 19.7 Å². The molecule has 1 unspecified atom stereocenters. The van der Waals surface area contributed by atoms with Crippen LogP contribution in [0.15, 0.2) is 73.3 Å². The molecule has 3 rings (SSSR count). The Balaban J connectivity index is 1.65. The van der Waals surface area contributed by atoms with Crippen LogP contribution in [0, 0.1) is 0 Å². The summed E-state index contributed by atoms with van der Waals surface area (Å²) >= 11 is 0. The minimum absolute atomic E-state index is 0.117. The summed E-state index contributed by atoms with van der Waals surface area (Å²) in [5, 5.41) is 6.35. The summed E-state index contributed by atoms with van der Waals surface area (Å²) in [5.74, 6) is -0.490. The highest BCUT2D eigenvalue weighted by Crippen LogP contribution is 2.16. The Morgan fingerprint density at radius 1 is 0.906 bits per heavy atom. The highest BCUT2D eigenvalue weighted by molar-refractivity contribution is 5.90. The molecule has 3 aromatic rings. The summed E-state index contributed by atoms with van der Waals surface area (Å²) in [5.41, 5.74) is 3.45. The van der Waals surface area contributed by atoms with Gasteiger partial charge in [0.15, 0.2) is 0 Å². The summed E-state index contributed by atoms with van der Waals surface area (Å²) in [4.78, 5) is 33.1. The van der Waals surface area contributed by atoms with Crippen molar-refractivity contribution < 1.29 is 14.3 Å². The zero-order valence-electron chi connectivity index (χ0n) is 18.2. The van der Waals surface area contributed by atoms with Gasteiger partial charge in [0.25, 0.3) is 0 Å². The summed E-state index contributed by atoms with van der Waals surface area (Å²) in [6.07, 6.45) is 8.50. The zero-order valence-corrected chi connectivity index (χ0v) is 18.2. The molecule has 1 amide bonds. The third-order valence-electron chi connectivity index (χ3n) is 4.96. The molecule has 0 saturated carbocycles. The number of benzene rings is 1. The van der Waals surface area contributed by atoms with Crippen LogP contribution >= 0.6 is 0 Å². The van der Waals surface area contributed by atoms with E-state index in [-0.39, 0.29) is 11.9 Å². The number of nitrogens with zero attached hydrogens (tertiary/aromatic N) is 2. The molecule has 0 spiro atoms. The molecule has 2 heterocycles. The predicted molar refractivity (Wildman–Crippen MR) is 122 cm³/mol. The van der Waals surface area contributed by atoms with Crippen molar-refractivity contribution in [2.45, 2.75) is 25.8 Å². The van der Waals surface area contributed by atoms with Gasteiger partial charge in [0.05, 0.1) is 12.2 Å². The van der Waals surface area contributed by atoms with E-state index in [2.05, 4.69) is 20.6 Å². The molecule has 0 fully saturated rings. The van der Waals surface area contributed by atoms with Crippen LogP contribution in [0.1, 0.15) is 40.0 Å². The fourth-order valence-corrected chi connectivity index (χ4v) is 3.28. The van der Waals surface area contributed by atoms with Crippen LogP contribution in [0.2, 0.25) is 0 Å². The second kappa shape index (κ2) is 12.3. The monoisotopic (exact) mass is 432 g/mol. The van der Waals surface area contributed by atoms with E-state index in [9.17, 15) is 9.59 Å². The normalized spacial score (nSPS) is 11.5. The van der Waals surface area contributed by atoms with Crippen molar-refractivity contribution in [1.29, 1.82) is 0 Å². The van der Waals surface area contributed by atoms with Gasteiger partial charge in [0.1, 0.15) is 6.04 Å². The molecule has 166 valence electrons. The van der Waals surface area contributed by atoms with Crippen LogP contribution in [0.4, 0.5) is 0 Å². The van der Waals surface area contributed by atoms with Crippen molar-refractivity contribution in [2.24, 2.45) is 0 Å². The van der Waals surface area contributed by atoms with E-state index in [1.54, 1.807) is 49.8 Å². The van der Waals surface area contributed by atoms with Gasteiger partial charge < -0.3 is 15.4 Å². The van der Waals surface area contributed by atoms with E-state index >= 15 is 0 Å². The molecule has 2 aromatic heterocycles. The highest BCUT2D eigenvalue weighted by atomic mass is 16.5. The number of aromatic nitrogens is 2. The first kappa shape index (κ1) is 23.1. The average Bonchev–Trinajstić information content (AvgIpc) is 2.83. The SMILES string of the molecule is CCOC(=O)c1ccc(C(NCCc2cccnc2)C(=O)NCCc2ccncc2)cc1. The maximum Gasteiger partial charge on any atom is 0.338 e. The number of ether oxygens (including phenoxy) is 1. The number of esters is 1. The molecule has 0 saturated heterocycles. The third-order valence-corrected chi connectivity index (χ3v) is 4.96. The van der Waals surface area contributed by atoms with Crippen molar-refractivity contribution in [3.05, 3.63) is 95.6 Å². The van der Waals surface area contributed by atoms with Crippen LogP contribution in [-0.2, 0) is 22.4 Å². The Bertz CT molecular complexity index is 979. The fourth-order valence-electron chi connectivity index (χ4n) is 3.28. The lowest BCUT2D eigenvalue weighted by molar-refractivity contribution is -0.123. The van der Waals surface area contributed by atoms with Gasteiger partial charge in [0.2, 0.25) is 5.91 Å². The Morgan fingerprint density at radius 2 is 1.66 bits per heavy atom. The predicted octanol–water partition coefficient (Wildman–Crippen LogP) is 2.89. The van der Waals surface area contributed by atoms with Gasteiger partial charge in [-0.25, -0.2) is 4.79 Å². The first-order valence-corrected chi connectivity index (χ1v) is 10.7. The van der Waals surface area contributed by atoms with Crippen LogP contribution < -0.4 is 10.6 Å². The number of carbonyl (C=O) groups is 2. The lowest BCUT2D eigenvalue weighted by Crippen LogP contribution is -2.39. The number of hydrogen-bond acceptors (Lipinski definition) is 6. The molecule has 0 aliphatic rings.